The van der Waals surface area contributed by atoms with E-state index in [1.807, 2.05) is 0 Å². The van der Waals surface area contributed by atoms with Crippen molar-refractivity contribution < 1.29 is 0 Å². The minimum atomic E-state index is 0.0966. The van der Waals surface area contributed by atoms with Gasteiger partial charge in [0.25, 0.3) is 5.56 Å². The van der Waals surface area contributed by atoms with E-state index in [-0.39, 0.29) is 5.56 Å². The Hall–Kier alpha value is -1.42. The van der Waals surface area contributed by atoms with Gasteiger partial charge in [-0.2, -0.15) is 0 Å². The maximum Gasteiger partial charge on any atom is 0.262 e. The number of rotatable bonds is 2. The minimum Gasteiger partial charge on any atom is -0.295 e. The number of hydrogen-bond donors (Lipinski definition) is 0. The average Bonchev–Trinajstić information content (AvgIpc) is 2.56. The zero-order chi connectivity index (χ0) is 12.5. The summed E-state index contributed by atoms with van der Waals surface area (Å²) >= 11 is 1.70. The van der Waals surface area contributed by atoms with Crippen LogP contribution in [0.15, 0.2) is 23.8 Å². The number of allylic oxidation sites excluding steroid dienone is 1. The van der Waals surface area contributed by atoms with Crippen molar-refractivity contribution in [1.82, 2.24) is 9.55 Å². The lowest BCUT2D eigenvalue weighted by atomic mass is 10.1. The topological polar surface area (TPSA) is 34.9 Å². The van der Waals surface area contributed by atoms with Crippen LogP contribution in [-0.4, -0.2) is 9.55 Å². The van der Waals surface area contributed by atoms with Crippen molar-refractivity contribution in [2.24, 2.45) is 0 Å². The van der Waals surface area contributed by atoms with Crippen LogP contribution in [0, 0.1) is 0 Å². The highest BCUT2D eigenvalue weighted by Gasteiger charge is 2.18. The summed E-state index contributed by atoms with van der Waals surface area (Å²) in [4.78, 5) is 19.2. The number of nitrogens with zero attached hydrogens (tertiary/aromatic N) is 2. The molecule has 18 heavy (non-hydrogen) atoms. The number of hydrogen-bond acceptors (Lipinski definition) is 3. The molecule has 0 bridgehead atoms. The summed E-state index contributed by atoms with van der Waals surface area (Å²) < 4.78 is 1.65. The van der Waals surface area contributed by atoms with E-state index < -0.39 is 0 Å². The lowest BCUT2D eigenvalue weighted by Crippen LogP contribution is -2.20. The Morgan fingerprint density at radius 3 is 3.06 bits per heavy atom. The van der Waals surface area contributed by atoms with Gasteiger partial charge in [0, 0.05) is 11.4 Å². The molecular weight excluding hydrogens is 244 g/mol. The zero-order valence-electron chi connectivity index (χ0n) is 10.3. The van der Waals surface area contributed by atoms with Gasteiger partial charge < -0.3 is 0 Å². The first-order chi connectivity index (χ1) is 8.81. The van der Waals surface area contributed by atoms with Crippen molar-refractivity contribution in [3.05, 3.63) is 39.8 Å². The quantitative estimate of drug-likeness (QED) is 0.614. The lowest BCUT2D eigenvalue weighted by Gasteiger charge is -2.02. The van der Waals surface area contributed by atoms with Gasteiger partial charge in [0.1, 0.15) is 4.83 Å². The smallest absolute Gasteiger partial charge is 0.262 e. The number of fused-ring (bicyclic) bond motifs is 3. The Labute approximate surface area is 110 Å². The highest BCUT2D eigenvalue weighted by molar-refractivity contribution is 7.18. The Morgan fingerprint density at radius 1 is 1.39 bits per heavy atom. The van der Waals surface area contributed by atoms with E-state index in [4.69, 9.17) is 0 Å². The molecule has 0 N–H and O–H groups in total. The molecule has 0 amide bonds. The average molecular weight is 260 g/mol. The number of aromatic nitrogens is 2. The molecule has 1 aliphatic rings. The van der Waals surface area contributed by atoms with Crippen LogP contribution in [0.3, 0.4) is 0 Å². The van der Waals surface area contributed by atoms with Crippen LogP contribution < -0.4 is 5.56 Å². The molecule has 0 spiro atoms. The number of thiophene rings is 1. The van der Waals surface area contributed by atoms with Crippen molar-refractivity contribution in [3.8, 4) is 0 Å². The second-order valence-electron chi connectivity index (χ2n) is 4.74. The maximum absolute atomic E-state index is 12.4. The monoisotopic (exact) mass is 260 g/mol. The predicted molar refractivity (Wildman–Crippen MR) is 75.3 cm³/mol. The molecule has 0 aliphatic heterocycles. The second-order valence-corrected chi connectivity index (χ2v) is 5.82. The molecule has 0 unspecified atom stereocenters. The van der Waals surface area contributed by atoms with Crippen LogP contribution in [0.4, 0.5) is 0 Å². The van der Waals surface area contributed by atoms with E-state index in [0.717, 1.165) is 23.1 Å². The molecule has 4 heteroatoms. The van der Waals surface area contributed by atoms with Crippen molar-refractivity contribution >= 4 is 21.6 Å². The molecule has 0 radical (unpaired) electrons. The molecule has 2 aromatic heterocycles. The van der Waals surface area contributed by atoms with Crippen molar-refractivity contribution in [2.45, 2.75) is 38.6 Å². The molecule has 1 aliphatic carbocycles. The fraction of sp³-hybridized carbons (Fsp3) is 0.429. The van der Waals surface area contributed by atoms with E-state index in [0.29, 0.717) is 6.54 Å². The summed E-state index contributed by atoms with van der Waals surface area (Å²) in [5.74, 6) is 0. The van der Waals surface area contributed by atoms with Crippen LogP contribution >= 0.6 is 11.3 Å². The first kappa shape index (κ1) is 11.7. The third kappa shape index (κ3) is 1.81. The SMILES string of the molecule is C=CCn1cnc2sc3c(c2c1=O)CCCCC3. The van der Waals surface area contributed by atoms with Gasteiger partial charge in [0.05, 0.1) is 11.7 Å². The van der Waals surface area contributed by atoms with E-state index in [1.54, 1.807) is 28.3 Å². The van der Waals surface area contributed by atoms with Crippen LogP contribution in [-0.2, 0) is 19.4 Å². The van der Waals surface area contributed by atoms with Crippen molar-refractivity contribution in [2.75, 3.05) is 0 Å². The summed E-state index contributed by atoms with van der Waals surface area (Å²) in [5, 5.41) is 0.862. The van der Waals surface area contributed by atoms with Gasteiger partial charge in [-0.3, -0.25) is 9.36 Å². The highest BCUT2D eigenvalue weighted by atomic mass is 32.1. The van der Waals surface area contributed by atoms with Crippen molar-refractivity contribution in [1.29, 1.82) is 0 Å². The molecule has 0 fully saturated rings. The highest BCUT2D eigenvalue weighted by Crippen LogP contribution is 2.32. The molecule has 0 saturated heterocycles. The van der Waals surface area contributed by atoms with Gasteiger partial charge in [0.2, 0.25) is 0 Å². The zero-order valence-corrected chi connectivity index (χ0v) is 11.1. The van der Waals surface area contributed by atoms with Gasteiger partial charge in [-0.1, -0.05) is 12.5 Å². The number of aryl methyl sites for hydroxylation is 2. The third-order valence-electron chi connectivity index (χ3n) is 3.52. The van der Waals surface area contributed by atoms with E-state index >= 15 is 0 Å². The van der Waals surface area contributed by atoms with E-state index in [9.17, 15) is 4.79 Å². The standard InChI is InChI=1S/C14H16N2OS/c1-2-8-16-9-15-13-12(14(16)17)10-6-4-3-5-7-11(10)18-13/h2,9H,1,3-8H2. The molecule has 3 nitrogen and oxygen atoms in total. The van der Waals surface area contributed by atoms with Crippen LogP contribution in [0.2, 0.25) is 0 Å². The molecule has 2 aromatic rings. The summed E-state index contributed by atoms with van der Waals surface area (Å²) in [6.45, 7) is 4.22. The summed E-state index contributed by atoms with van der Waals surface area (Å²) in [7, 11) is 0. The van der Waals surface area contributed by atoms with Gasteiger partial charge in [-0.25, -0.2) is 4.98 Å². The van der Waals surface area contributed by atoms with Crippen molar-refractivity contribution in [3.63, 3.8) is 0 Å². The van der Waals surface area contributed by atoms with Crippen LogP contribution in [0.25, 0.3) is 10.2 Å². The molecular formula is C14H16N2OS. The lowest BCUT2D eigenvalue weighted by molar-refractivity contribution is 0.712. The first-order valence-corrected chi connectivity index (χ1v) is 7.23. The Bertz CT molecular complexity index is 654. The minimum absolute atomic E-state index is 0.0966. The molecule has 3 rings (SSSR count). The largest absolute Gasteiger partial charge is 0.295 e. The van der Waals surface area contributed by atoms with Gasteiger partial charge in [-0.15, -0.1) is 17.9 Å². The Balaban J connectivity index is 2.26. The van der Waals surface area contributed by atoms with Gasteiger partial charge in [-0.05, 0) is 31.2 Å². The molecule has 94 valence electrons. The fourth-order valence-electron chi connectivity index (χ4n) is 2.63. The van der Waals surface area contributed by atoms with Gasteiger partial charge >= 0.3 is 0 Å². The second kappa shape index (κ2) is 4.69. The first-order valence-electron chi connectivity index (χ1n) is 6.42. The molecule has 0 aromatic carbocycles. The summed E-state index contributed by atoms with van der Waals surface area (Å²) in [5.41, 5.74) is 1.36. The normalized spacial score (nSPS) is 15.3. The molecule has 2 heterocycles. The Morgan fingerprint density at radius 2 is 2.22 bits per heavy atom. The fourth-order valence-corrected chi connectivity index (χ4v) is 3.85. The molecule has 0 atom stereocenters. The van der Waals surface area contributed by atoms with E-state index in [1.165, 1.54) is 29.7 Å². The Kier molecular flexibility index (Phi) is 3.04. The summed E-state index contributed by atoms with van der Waals surface area (Å²) in [6, 6.07) is 0. The van der Waals surface area contributed by atoms with Crippen LogP contribution in [0.1, 0.15) is 29.7 Å². The predicted octanol–water partition coefficient (Wildman–Crippen LogP) is 2.91. The van der Waals surface area contributed by atoms with Crippen LogP contribution in [0.5, 0.6) is 0 Å². The van der Waals surface area contributed by atoms with Gasteiger partial charge in [0.15, 0.2) is 0 Å². The third-order valence-corrected chi connectivity index (χ3v) is 4.72. The molecule has 0 saturated carbocycles. The summed E-state index contributed by atoms with van der Waals surface area (Å²) in [6.07, 6.45) is 9.21. The van der Waals surface area contributed by atoms with E-state index in [2.05, 4.69) is 11.6 Å². The maximum atomic E-state index is 12.4.